The van der Waals surface area contributed by atoms with E-state index in [4.69, 9.17) is 14.2 Å². The first-order valence-electron chi connectivity index (χ1n) is 5.97. The van der Waals surface area contributed by atoms with E-state index in [-0.39, 0.29) is 5.41 Å². The van der Waals surface area contributed by atoms with E-state index in [2.05, 4.69) is 13.8 Å². The third kappa shape index (κ3) is 1.72. The van der Waals surface area contributed by atoms with Crippen molar-refractivity contribution in [3.63, 3.8) is 0 Å². The summed E-state index contributed by atoms with van der Waals surface area (Å²) < 4.78 is 16.2. The Bertz CT molecular complexity index is 465. The van der Waals surface area contributed by atoms with Gasteiger partial charge in [0.05, 0.1) is 27.4 Å². The lowest BCUT2D eigenvalue weighted by atomic mass is 9.85. The SMILES string of the molecule is COc1cc2c(c(OC)c1OC)C(C)(C)CC2O. The molecular weight excluding hydrogens is 232 g/mol. The smallest absolute Gasteiger partial charge is 0.203 e. The number of benzene rings is 1. The Morgan fingerprint density at radius 1 is 1.11 bits per heavy atom. The molecule has 0 heterocycles. The normalized spacial score (nSPS) is 20.4. The van der Waals surface area contributed by atoms with Gasteiger partial charge in [0.2, 0.25) is 5.75 Å². The highest BCUT2D eigenvalue weighted by Crippen LogP contribution is 2.54. The van der Waals surface area contributed by atoms with Gasteiger partial charge in [0.1, 0.15) is 0 Å². The van der Waals surface area contributed by atoms with Crippen molar-refractivity contribution in [2.24, 2.45) is 0 Å². The highest BCUT2D eigenvalue weighted by Gasteiger charge is 2.41. The van der Waals surface area contributed by atoms with Crippen LogP contribution >= 0.6 is 0 Å². The summed E-state index contributed by atoms with van der Waals surface area (Å²) in [5.41, 5.74) is 1.74. The summed E-state index contributed by atoms with van der Waals surface area (Å²) in [6, 6.07) is 1.84. The van der Waals surface area contributed by atoms with E-state index in [1.165, 1.54) is 0 Å². The number of rotatable bonds is 3. The molecule has 0 saturated carbocycles. The third-order valence-electron chi connectivity index (χ3n) is 3.60. The molecule has 0 spiro atoms. The minimum atomic E-state index is -0.483. The molecule has 1 aromatic rings. The van der Waals surface area contributed by atoms with E-state index < -0.39 is 6.10 Å². The topological polar surface area (TPSA) is 47.9 Å². The summed E-state index contributed by atoms with van der Waals surface area (Å²) >= 11 is 0. The lowest BCUT2D eigenvalue weighted by molar-refractivity contribution is 0.161. The van der Waals surface area contributed by atoms with E-state index >= 15 is 0 Å². The number of hydrogen-bond acceptors (Lipinski definition) is 4. The Morgan fingerprint density at radius 2 is 1.72 bits per heavy atom. The second-order valence-electron chi connectivity index (χ2n) is 5.21. The van der Waals surface area contributed by atoms with Gasteiger partial charge >= 0.3 is 0 Å². The largest absolute Gasteiger partial charge is 0.493 e. The van der Waals surface area contributed by atoms with Crippen molar-refractivity contribution in [3.05, 3.63) is 17.2 Å². The van der Waals surface area contributed by atoms with Crippen molar-refractivity contribution < 1.29 is 19.3 Å². The first-order valence-corrected chi connectivity index (χ1v) is 5.97. The fraction of sp³-hybridized carbons (Fsp3) is 0.571. The number of hydrogen-bond donors (Lipinski definition) is 1. The summed E-state index contributed by atoms with van der Waals surface area (Å²) in [4.78, 5) is 0. The van der Waals surface area contributed by atoms with Gasteiger partial charge in [0.25, 0.3) is 0 Å². The highest BCUT2D eigenvalue weighted by molar-refractivity contribution is 5.63. The van der Waals surface area contributed by atoms with Crippen LogP contribution in [0.3, 0.4) is 0 Å². The van der Waals surface area contributed by atoms with Gasteiger partial charge in [-0.15, -0.1) is 0 Å². The van der Waals surface area contributed by atoms with Crippen molar-refractivity contribution >= 4 is 0 Å². The quantitative estimate of drug-likeness (QED) is 0.897. The Kier molecular flexibility index (Phi) is 3.15. The summed E-state index contributed by atoms with van der Waals surface area (Å²) in [5, 5.41) is 10.2. The van der Waals surface area contributed by atoms with Crippen LogP contribution in [0.15, 0.2) is 6.07 Å². The van der Waals surface area contributed by atoms with Crippen LogP contribution in [0.5, 0.6) is 17.2 Å². The summed E-state index contributed by atoms with van der Waals surface area (Å²) in [6.45, 7) is 4.19. The number of ether oxygens (including phenoxy) is 3. The highest BCUT2D eigenvalue weighted by atomic mass is 16.5. The molecule has 0 saturated heterocycles. The Morgan fingerprint density at radius 3 is 2.22 bits per heavy atom. The van der Waals surface area contributed by atoms with Crippen molar-refractivity contribution in [1.82, 2.24) is 0 Å². The Hall–Kier alpha value is -1.42. The molecule has 1 atom stereocenters. The lowest BCUT2D eigenvalue weighted by Gasteiger charge is -2.23. The summed E-state index contributed by atoms with van der Waals surface area (Å²) in [7, 11) is 4.78. The maximum Gasteiger partial charge on any atom is 0.203 e. The molecule has 2 rings (SSSR count). The molecule has 100 valence electrons. The number of aliphatic hydroxyl groups is 1. The van der Waals surface area contributed by atoms with E-state index in [9.17, 15) is 5.11 Å². The van der Waals surface area contributed by atoms with Crippen LogP contribution in [-0.4, -0.2) is 26.4 Å². The molecular formula is C14H20O4. The molecule has 1 N–H and O–H groups in total. The van der Waals surface area contributed by atoms with Gasteiger partial charge in [-0.05, 0) is 23.5 Å². The zero-order valence-electron chi connectivity index (χ0n) is 11.5. The summed E-state index contributed by atoms with van der Waals surface area (Å²) in [5.74, 6) is 1.83. The van der Waals surface area contributed by atoms with Gasteiger partial charge in [-0.1, -0.05) is 13.8 Å². The van der Waals surface area contributed by atoms with Crippen LogP contribution in [0.2, 0.25) is 0 Å². The van der Waals surface area contributed by atoms with E-state index in [1.54, 1.807) is 21.3 Å². The van der Waals surface area contributed by atoms with Crippen molar-refractivity contribution in [2.75, 3.05) is 21.3 Å². The first kappa shape index (κ1) is 13.0. The fourth-order valence-electron chi connectivity index (χ4n) is 2.83. The maximum atomic E-state index is 10.2. The minimum Gasteiger partial charge on any atom is -0.493 e. The van der Waals surface area contributed by atoms with E-state index in [0.29, 0.717) is 23.7 Å². The lowest BCUT2D eigenvalue weighted by Crippen LogP contribution is -2.14. The predicted octanol–water partition coefficient (Wildman–Crippen LogP) is 2.43. The van der Waals surface area contributed by atoms with Gasteiger partial charge in [-0.25, -0.2) is 0 Å². The molecule has 0 radical (unpaired) electrons. The molecule has 1 aliphatic carbocycles. The van der Waals surface area contributed by atoms with Gasteiger partial charge in [0.15, 0.2) is 11.5 Å². The number of fused-ring (bicyclic) bond motifs is 1. The average Bonchev–Trinajstić information content (AvgIpc) is 2.57. The van der Waals surface area contributed by atoms with Crippen LogP contribution in [0, 0.1) is 0 Å². The van der Waals surface area contributed by atoms with Crippen LogP contribution < -0.4 is 14.2 Å². The average molecular weight is 252 g/mol. The molecule has 4 nitrogen and oxygen atoms in total. The minimum absolute atomic E-state index is 0.139. The standard InChI is InChI=1S/C14H20O4/c1-14(2)7-9(15)8-6-10(16-3)12(17-4)13(18-5)11(8)14/h6,9,15H,7H2,1-5H3. The fourth-order valence-corrected chi connectivity index (χ4v) is 2.83. The Balaban J connectivity index is 2.76. The van der Waals surface area contributed by atoms with Gasteiger partial charge < -0.3 is 19.3 Å². The molecule has 0 fully saturated rings. The van der Waals surface area contributed by atoms with Crippen LogP contribution in [0.4, 0.5) is 0 Å². The monoisotopic (exact) mass is 252 g/mol. The van der Waals surface area contributed by atoms with Crippen molar-refractivity contribution in [3.8, 4) is 17.2 Å². The van der Waals surface area contributed by atoms with Gasteiger partial charge in [0, 0.05) is 5.56 Å². The predicted molar refractivity (Wildman–Crippen MR) is 68.7 cm³/mol. The first-order chi connectivity index (χ1) is 8.46. The molecule has 1 unspecified atom stereocenters. The second kappa shape index (κ2) is 4.35. The number of aliphatic hydroxyl groups excluding tert-OH is 1. The molecule has 4 heteroatoms. The van der Waals surface area contributed by atoms with Crippen molar-refractivity contribution in [1.29, 1.82) is 0 Å². The molecule has 0 amide bonds. The summed E-state index contributed by atoms with van der Waals surface area (Å²) in [6.07, 6.45) is 0.193. The molecule has 18 heavy (non-hydrogen) atoms. The van der Waals surface area contributed by atoms with Crippen LogP contribution in [-0.2, 0) is 5.41 Å². The van der Waals surface area contributed by atoms with E-state index in [0.717, 1.165) is 11.1 Å². The zero-order valence-corrected chi connectivity index (χ0v) is 11.5. The Labute approximate surface area is 107 Å². The second-order valence-corrected chi connectivity index (χ2v) is 5.21. The third-order valence-corrected chi connectivity index (χ3v) is 3.60. The molecule has 1 aliphatic rings. The van der Waals surface area contributed by atoms with Gasteiger partial charge in [-0.3, -0.25) is 0 Å². The van der Waals surface area contributed by atoms with Crippen molar-refractivity contribution in [2.45, 2.75) is 31.8 Å². The van der Waals surface area contributed by atoms with Crippen LogP contribution in [0.25, 0.3) is 0 Å². The molecule has 1 aromatic carbocycles. The molecule has 0 bridgehead atoms. The van der Waals surface area contributed by atoms with E-state index in [1.807, 2.05) is 6.07 Å². The molecule has 0 aromatic heterocycles. The zero-order chi connectivity index (χ0) is 13.5. The molecule has 0 aliphatic heterocycles. The van der Waals surface area contributed by atoms with Gasteiger partial charge in [-0.2, -0.15) is 0 Å². The van der Waals surface area contributed by atoms with Crippen LogP contribution in [0.1, 0.15) is 37.5 Å². The maximum absolute atomic E-state index is 10.2. The number of methoxy groups -OCH3 is 3.